The van der Waals surface area contributed by atoms with Crippen LogP contribution in [-0.4, -0.2) is 9.97 Å². The van der Waals surface area contributed by atoms with Crippen LogP contribution in [0.2, 0.25) is 0 Å². The number of aromatic nitrogens is 2. The molecule has 0 amide bonds. The molecule has 0 aliphatic rings. The zero-order valence-electron chi connectivity index (χ0n) is 15.9. The van der Waals surface area contributed by atoms with Gasteiger partial charge in [-0.05, 0) is 63.9 Å². The molecule has 0 saturated heterocycles. The van der Waals surface area contributed by atoms with Gasteiger partial charge in [0.05, 0.1) is 5.69 Å². The number of benzene rings is 2. The van der Waals surface area contributed by atoms with E-state index in [0.29, 0.717) is 0 Å². The Kier molecular flexibility index (Phi) is 5.42. The largest absolute Gasteiger partial charge is 0.363 e. The third kappa shape index (κ3) is 4.31. The third-order valence-corrected chi connectivity index (χ3v) is 5.27. The number of aryl methyl sites for hydroxylation is 4. The van der Waals surface area contributed by atoms with E-state index in [0.717, 1.165) is 27.4 Å². The number of nitrogens with zero attached hydrogens (tertiary/aromatic N) is 2. The Hall–Kier alpha value is -2.20. The fraction of sp³-hybridized carbons (Fsp3) is 0.273. The topological polar surface area (TPSA) is 37.8 Å². The van der Waals surface area contributed by atoms with E-state index in [2.05, 4.69) is 95.3 Å². The van der Waals surface area contributed by atoms with Crippen LogP contribution < -0.4 is 5.32 Å². The van der Waals surface area contributed by atoms with Gasteiger partial charge in [-0.15, -0.1) is 0 Å². The molecule has 3 nitrogen and oxygen atoms in total. The Labute approximate surface area is 164 Å². The van der Waals surface area contributed by atoms with E-state index in [1.165, 1.54) is 22.3 Å². The first-order valence-corrected chi connectivity index (χ1v) is 9.58. The van der Waals surface area contributed by atoms with Crippen molar-refractivity contribution in [2.24, 2.45) is 0 Å². The Morgan fingerprint density at radius 1 is 0.885 bits per heavy atom. The summed E-state index contributed by atoms with van der Waals surface area (Å²) in [6.45, 7) is 10.4. The number of hydrogen-bond acceptors (Lipinski definition) is 3. The van der Waals surface area contributed by atoms with E-state index in [-0.39, 0.29) is 6.04 Å². The monoisotopic (exact) mass is 409 g/mol. The molecule has 0 aliphatic carbocycles. The van der Waals surface area contributed by atoms with Gasteiger partial charge < -0.3 is 5.32 Å². The van der Waals surface area contributed by atoms with Crippen LogP contribution in [0.15, 0.2) is 46.9 Å². The molecule has 1 heterocycles. The van der Waals surface area contributed by atoms with Crippen molar-refractivity contribution < 1.29 is 0 Å². The van der Waals surface area contributed by atoms with E-state index in [4.69, 9.17) is 0 Å². The minimum Gasteiger partial charge on any atom is -0.363 e. The highest BCUT2D eigenvalue weighted by molar-refractivity contribution is 9.10. The number of hydrogen-bond donors (Lipinski definition) is 1. The molecule has 0 saturated carbocycles. The maximum atomic E-state index is 4.63. The van der Waals surface area contributed by atoms with Gasteiger partial charge in [-0.2, -0.15) is 0 Å². The molecule has 0 bridgehead atoms. The second-order valence-electron chi connectivity index (χ2n) is 6.94. The Morgan fingerprint density at radius 3 is 2.23 bits per heavy atom. The highest BCUT2D eigenvalue weighted by atomic mass is 79.9. The lowest BCUT2D eigenvalue weighted by Gasteiger charge is -2.17. The summed E-state index contributed by atoms with van der Waals surface area (Å²) in [5.41, 5.74) is 7.00. The van der Waals surface area contributed by atoms with Crippen LogP contribution in [0.25, 0.3) is 11.3 Å². The molecule has 0 fully saturated rings. The lowest BCUT2D eigenvalue weighted by molar-refractivity contribution is 0.866. The van der Waals surface area contributed by atoms with Crippen LogP contribution in [0.1, 0.15) is 41.0 Å². The van der Waals surface area contributed by atoms with Crippen molar-refractivity contribution in [3.8, 4) is 11.3 Å². The lowest BCUT2D eigenvalue weighted by Crippen LogP contribution is -2.09. The smallest absolute Gasteiger partial charge is 0.130 e. The minimum atomic E-state index is 0.147. The second-order valence-corrected chi connectivity index (χ2v) is 7.79. The van der Waals surface area contributed by atoms with E-state index < -0.39 is 0 Å². The molecule has 4 heteroatoms. The van der Waals surface area contributed by atoms with Crippen molar-refractivity contribution in [2.45, 2.75) is 40.7 Å². The highest BCUT2D eigenvalue weighted by Gasteiger charge is 2.11. The molecular weight excluding hydrogens is 386 g/mol. The normalized spacial score (nSPS) is 12.1. The number of anilines is 1. The molecule has 1 unspecified atom stereocenters. The average molecular weight is 410 g/mol. The molecule has 1 N–H and O–H groups in total. The predicted octanol–water partition coefficient (Wildman–Crippen LogP) is 6.31. The summed E-state index contributed by atoms with van der Waals surface area (Å²) in [5, 5.41) is 3.51. The molecule has 0 radical (unpaired) electrons. The fourth-order valence-corrected chi connectivity index (χ4v) is 3.49. The molecule has 1 atom stereocenters. The van der Waals surface area contributed by atoms with Gasteiger partial charge >= 0.3 is 0 Å². The van der Waals surface area contributed by atoms with Gasteiger partial charge in [0.1, 0.15) is 11.6 Å². The van der Waals surface area contributed by atoms with Gasteiger partial charge in [0.15, 0.2) is 0 Å². The maximum absolute atomic E-state index is 4.63. The van der Waals surface area contributed by atoms with Gasteiger partial charge in [0.2, 0.25) is 0 Å². The van der Waals surface area contributed by atoms with Crippen molar-refractivity contribution in [3.05, 3.63) is 75.0 Å². The quantitative estimate of drug-likeness (QED) is 0.548. The van der Waals surface area contributed by atoms with Crippen LogP contribution in [0.3, 0.4) is 0 Å². The Bertz CT molecular complexity index is 930. The highest BCUT2D eigenvalue weighted by Crippen LogP contribution is 2.26. The minimum absolute atomic E-state index is 0.147. The summed E-state index contributed by atoms with van der Waals surface area (Å²) >= 11 is 3.61. The van der Waals surface area contributed by atoms with Gasteiger partial charge in [-0.25, -0.2) is 9.97 Å². The van der Waals surface area contributed by atoms with Crippen LogP contribution in [0.4, 0.5) is 5.82 Å². The second kappa shape index (κ2) is 7.58. The van der Waals surface area contributed by atoms with Crippen molar-refractivity contribution in [1.29, 1.82) is 0 Å². The van der Waals surface area contributed by atoms with Crippen LogP contribution >= 0.6 is 15.9 Å². The van der Waals surface area contributed by atoms with E-state index in [9.17, 15) is 0 Å². The summed E-state index contributed by atoms with van der Waals surface area (Å²) < 4.78 is 1.12. The third-order valence-electron chi connectivity index (χ3n) is 4.42. The molecule has 3 aromatic rings. The molecule has 1 aromatic heterocycles. The van der Waals surface area contributed by atoms with Gasteiger partial charge in [0.25, 0.3) is 0 Å². The molecule has 2 aromatic carbocycles. The molecular formula is C22H24BrN3. The number of rotatable bonds is 4. The number of halogens is 1. The van der Waals surface area contributed by atoms with Crippen molar-refractivity contribution in [1.82, 2.24) is 9.97 Å². The van der Waals surface area contributed by atoms with E-state index in [1.54, 1.807) is 0 Å². The van der Waals surface area contributed by atoms with Crippen LogP contribution in [0, 0.1) is 27.7 Å². The maximum Gasteiger partial charge on any atom is 0.130 e. The molecule has 134 valence electrons. The van der Waals surface area contributed by atoms with Crippen LogP contribution in [-0.2, 0) is 0 Å². The van der Waals surface area contributed by atoms with Gasteiger partial charge in [-0.1, -0.05) is 45.3 Å². The number of nitrogens with one attached hydrogen (secondary N) is 1. The summed E-state index contributed by atoms with van der Waals surface area (Å²) in [6, 6.07) is 15.1. The predicted molar refractivity (Wildman–Crippen MR) is 113 cm³/mol. The molecule has 26 heavy (non-hydrogen) atoms. The first-order chi connectivity index (χ1) is 12.3. The zero-order valence-corrected chi connectivity index (χ0v) is 17.5. The standard InChI is InChI=1S/C22H24BrN3/c1-13-8-14(2)10-19(9-13)21-12-22(26-17(5)25-21)24-16(4)18-7-6-15(3)20(23)11-18/h6-12,16H,1-5H3,(H,24,25,26). The first-order valence-electron chi connectivity index (χ1n) is 8.79. The van der Waals surface area contributed by atoms with Crippen LogP contribution in [0.5, 0.6) is 0 Å². The Morgan fingerprint density at radius 2 is 1.58 bits per heavy atom. The summed E-state index contributed by atoms with van der Waals surface area (Å²) in [6.07, 6.45) is 0. The first kappa shape index (κ1) is 18.6. The summed E-state index contributed by atoms with van der Waals surface area (Å²) in [7, 11) is 0. The van der Waals surface area contributed by atoms with Crippen molar-refractivity contribution in [3.63, 3.8) is 0 Å². The molecule has 0 spiro atoms. The molecule has 3 rings (SSSR count). The summed E-state index contributed by atoms with van der Waals surface area (Å²) in [5.74, 6) is 1.61. The molecule has 0 aliphatic heterocycles. The van der Waals surface area contributed by atoms with E-state index in [1.807, 2.05) is 13.0 Å². The summed E-state index contributed by atoms with van der Waals surface area (Å²) in [4.78, 5) is 9.21. The van der Waals surface area contributed by atoms with Crippen molar-refractivity contribution >= 4 is 21.7 Å². The van der Waals surface area contributed by atoms with Gasteiger partial charge in [0, 0.05) is 22.1 Å². The lowest BCUT2D eigenvalue weighted by atomic mass is 10.0. The van der Waals surface area contributed by atoms with Gasteiger partial charge in [-0.3, -0.25) is 0 Å². The Balaban J connectivity index is 1.91. The fourth-order valence-electron chi connectivity index (χ4n) is 3.10. The SMILES string of the molecule is Cc1cc(C)cc(-c2cc(NC(C)c3ccc(C)c(Br)c3)nc(C)n2)c1. The van der Waals surface area contributed by atoms with E-state index >= 15 is 0 Å². The zero-order chi connectivity index (χ0) is 18.8. The van der Waals surface area contributed by atoms with Crippen molar-refractivity contribution in [2.75, 3.05) is 5.32 Å². The average Bonchev–Trinajstić information content (AvgIpc) is 2.56.